The van der Waals surface area contributed by atoms with Crippen molar-refractivity contribution in [2.24, 2.45) is 10.9 Å². The Morgan fingerprint density at radius 2 is 2.04 bits per heavy atom. The fourth-order valence-electron chi connectivity index (χ4n) is 4.14. The monoisotopic (exact) mass is 473 g/mol. The summed E-state index contributed by atoms with van der Waals surface area (Å²) in [5.41, 5.74) is 0. The average Bonchev–Trinajstić information content (AvgIpc) is 3.36. The first kappa shape index (κ1) is 19.9. The molecule has 0 spiro atoms. The summed E-state index contributed by atoms with van der Waals surface area (Å²) in [6, 6.07) is 1.32. The predicted molar refractivity (Wildman–Crippen MR) is 114 cm³/mol. The lowest BCUT2D eigenvalue weighted by atomic mass is 10.1. The van der Waals surface area contributed by atoms with E-state index >= 15 is 0 Å². The van der Waals surface area contributed by atoms with Gasteiger partial charge in [0.25, 0.3) is 0 Å². The molecule has 1 saturated heterocycles. The summed E-state index contributed by atoms with van der Waals surface area (Å²) in [7, 11) is 1.85. The fraction of sp³-hybridized carbons (Fsp3) is 0.833. The number of guanidine groups is 1. The maximum Gasteiger partial charge on any atom is 0.191 e. The van der Waals surface area contributed by atoms with Crippen LogP contribution in [0.3, 0.4) is 0 Å². The molecule has 0 radical (unpaired) electrons. The third-order valence-corrected chi connectivity index (χ3v) is 5.85. The number of likely N-dealkylation sites (tertiary alicyclic amines) is 1. The van der Waals surface area contributed by atoms with Crippen LogP contribution in [0.15, 0.2) is 4.99 Å². The Bertz CT molecular complexity index is 625. The number of halogens is 1. The molecule has 3 heterocycles. The van der Waals surface area contributed by atoms with Crippen LogP contribution in [0.4, 0.5) is 0 Å². The topological polar surface area (TPSA) is 70.4 Å². The number of rotatable bonds is 4. The molecule has 2 N–H and O–H groups in total. The van der Waals surface area contributed by atoms with Crippen molar-refractivity contribution >= 4 is 29.9 Å². The van der Waals surface area contributed by atoms with E-state index in [-0.39, 0.29) is 24.0 Å². The average molecular weight is 473 g/mol. The molecule has 0 amide bonds. The Kier molecular flexibility index (Phi) is 6.76. The van der Waals surface area contributed by atoms with E-state index < -0.39 is 0 Å². The summed E-state index contributed by atoms with van der Waals surface area (Å²) in [5, 5.41) is 15.8. The second-order valence-corrected chi connectivity index (χ2v) is 7.83. The van der Waals surface area contributed by atoms with Crippen LogP contribution in [-0.2, 0) is 19.5 Å². The van der Waals surface area contributed by atoms with Gasteiger partial charge in [0.15, 0.2) is 11.8 Å². The largest absolute Gasteiger partial charge is 0.352 e. The molecular formula is C18H32IN7. The third kappa shape index (κ3) is 4.49. The standard InChI is InChI=1S/C18H31N7.HI/c1-13-11-24(14-7-8-14)12-15(13)21-18(19-2)20-10-17-23-22-16-6-4-3-5-9-25(16)17;/h13-15H,3-12H2,1-2H3,(H2,19,20,21);1H. The van der Waals surface area contributed by atoms with E-state index in [2.05, 4.69) is 42.2 Å². The molecule has 8 heteroatoms. The van der Waals surface area contributed by atoms with Gasteiger partial charge in [-0.3, -0.25) is 9.89 Å². The molecule has 2 fully saturated rings. The van der Waals surface area contributed by atoms with Crippen LogP contribution >= 0.6 is 24.0 Å². The normalized spacial score (nSPS) is 26.8. The van der Waals surface area contributed by atoms with E-state index in [1.165, 1.54) is 38.6 Å². The van der Waals surface area contributed by atoms with Crippen molar-refractivity contribution < 1.29 is 0 Å². The lowest BCUT2D eigenvalue weighted by Gasteiger charge is -2.20. The van der Waals surface area contributed by atoms with Gasteiger partial charge in [0, 0.05) is 45.2 Å². The quantitative estimate of drug-likeness (QED) is 0.397. The van der Waals surface area contributed by atoms with Crippen LogP contribution in [0.2, 0.25) is 0 Å². The van der Waals surface area contributed by atoms with Crippen LogP contribution < -0.4 is 10.6 Å². The number of fused-ring (bicyclic) bond motifs is 1. The minimum Gasteiger partial charge on any atom is -0.352 e. The predicted octanol–water partition coefficient (Wildman–Crippen LogP) is 1.77. The number of hydrogen-bond donors (Lipinski definition) is 2. The van der Waals surface area contributed by atoms with Crippen molar-refractivity contribution in [3.8, 4) is 0 Å². The zero-order valence-corrected chi connectivity index (χ0v) is 18.3. The number of aliphatic imine (C=N–C) groups is 1. The van der Waals surface area contributed by atoms with Gasteiger partial charge < -0.3 is 15.2 Å². The smallest absolute Gasteiger partial charge is 0.191 e. The molecular weight excluding hydrogens is 441 g/mol. The van der Waals surface area contributed by atoms with Crippen LogP contribution in [-0.4, -0.2) is 57.8 Å². The zero-order chi connectivity index (χ0) is 17.2. The molecule has 1 aliphatic carbocycles. The van der Waals surface area contributed by atoms with Gasteiger partial charge in [-0.1, -0.05) is 13.3 Å². The SMILES string of the molecule is CN=C(NCc1nnc2n1CCCCC2)NC1CN(C2CC2)CC1C.I. The Morgan fingerprint density at radius 1 is 1.19 bits per heavy atom. The van der Waals surface area contributed by atoms with E-state index in [9.17, 15) is 0 Å². The van der Waals surface area contributed by atoms with Crippen molar-refractivity contribution in [2.45, 2.75) is 70.6 Å². The molecule has 3 aliphatic rings. The molecule has 4 rings (SSSR count). The van der Waals surface area contributed by atoms with E-state index in [0.29, 0.717) is 18.5 Å². The van der Waals surface area contributed by atoms with Crippen molar-refractivity contribution in [3.05, 3.63) is 11.6 Å². The first-order valence-corrected chi connectivity index (χ1v) is 9.87. The van der Waals surface area contributed by atoms with E-state index in [0.717, 1.165) is 43.2 Å². The lowest BCUT2D eigenvalue weighted by Crippen LogP contribution is -2.46. The molecule has 26 heavy (non-hydrogen) atoms. The molecule has 1 saturated carbocycles. The van der Waals surface area contributed by atoms with Gasteiger partial charge in [0.1, 0.15) is 5.82 Å². The van der Waals surface area contributed by atoms with Gasteiger partial charge >= 0.3 is 0 Å². The number of aryl methyl sites for hydroxylation is 1. The highest BCUT2D eigenvalue weighted by atomic mass is 127. The number of nitrogens with one attached hydrogen (secondary N) is 2. The van der Waals surface area contributed by atoms with Gasteiger partial charge in [0.2, 0.25) is 0 Å². The van der Waals surface area contributed by atoms with Crippen molar-refractivity contribution in [3.63, 3.8) is 0 Å². The Morgan fingerprint density at radius 3 is 2.81 bits per heavy atom. The van der Waals surface area contributed by atoms with Crippen molar-refractivity contribution in [1.82, 2.24) is 30.3 Å². The highest BCUT2D eigenvalue weighted by Gasteiger charge is 2.38. The third-order valence-electron chi connectivity index (χ3n) is 5.85. The first-order valence-electron chi connectivity index (χ1n) is 9.87. The summed E-state index contributed by atoms with van der Waals surface area (Å²) in [4.78, 5) is 7.05. The molecule has 2 unspecified atom stereocenters. The first-order chi connectivity index (χ1) is 12.2. The highest BCUT2D eigenvalue weighted by molar-refractivity contribution is 14.0. The molecule has 2 atom stereocenters. The van der Waals surface area contributed by atoms with Gasteiger partial charge in [-0.2, -0.15) is 0 Å². The molecule has 146 valence electrons. The van der Waals surface area contributed by atoms with Crippen LogP contribution in [0, 0.1) is 5.92 Å². The molecule has 1 aromatic heterocycles. The Labute approximate surface area is 173 Å². The van der Waals surface area contributed by atoms with Crippen molar-refractivity contribution in [1.29, 1.82) is 0 Å². The Balaban J connectivity index is 0.00000196. The minimum absolute atomic E-state index is 0. The number of hydrogen-bond acceptors (Lipinski definition) is 4. The summed E-state index contributed by atoms with van der Waals surface area (Å²) in [6.45, 7) is 6.40. The minimum atomic E-state index is 0. The van der Waals surface area contributed by atoms with Crippen molar-refractivity contribution in [2.75, 3.05) is 20.1 Å². The molecule has 2 aliphatic heterocycles. The van der Waals surface area contributed by atoms with Gasteiger partial charge in [-0.05, 0) is 31.6 Å². The highest BCUT2D eigenvalue weighted by Crippen LogP contribution is 2.31. The number of aromatic nitrogens is 3. The van der Waals surface area contributed by atoms with E-state index in [1.807, 2.05) is 7.05 Å². The van der Waals surface area contributed by atoms with E-state index in [4.69, 9.17) is 0 Å². The second kappa shape index (κ2) is 8.86. The Hall–Kier alpha value is -0.900. The number of nitrogens with zero attached hydrogens (tertiary/aromatic N) is 5. The van der Waals surface area contributed by atoms with E-state index in [1.54, 1.807) is 0 Å². The van der Waals surface area contributed by atoms with Crippen LogP contribution in [0.1, 0.15) is 50.7 Å². The van der Waals surface area contributed by atoms with Gasteiger partial charge in [-0.15, -0.1) is 34.2 Å². The summed E-state index contributed by atoms with van der Waals surface area (Å²) in [5.74, 6) is 3.70. The van der Waals surface area contributed by atoms with Gasteiger partial charge in [0.05, 0.1) is 6.54 Å². The molecule has 0 aromatic carbocycles. The summed E-state index contributed by atoms with van der Waals surface area (Å²) >= 11 is 0. The van der Waals surface area contributed by atoms with Crippen LogP contribution in [0.25, 0.3) is 0 Å². The van der Waals surface area contributed by atoms with Crippen LogP contribution in [0.5, 0.6) is 0 Å². The lowest BCUT2D eigenvalue weighted by molar-refractivity contribution is 0.315. The molecule has 7 nitrogen and oxygen atoms in total. The fourth-order valence-corrected chi connectivity index (χ4v) is 4.14. The zero-order valence-electron chi connectivity index (χ0n) is 15.9. The summed E-state index contributed by atoms with van der Waals surface area (Å²) < 4.78 is 2.29. The maximum atomic E-state index is 4.42. The second-order valence-electron chi connectivity index (χ2n) is 7.83. The maximum absolute atomic E-state index is 4.42. The molecule has 0 bridgehead atoms. The molecule has 1 aromatic rings. The van der Waals surface area contributed by atoms with Gasteiger partial charge in [-0.25, -0.2) is 0 Å². The summed E-state index contributed by atoms with van der Waals surface area (Å²) in [6.07, 6.45) is 7.55.